The third kappa shape index (κ3) is 3.01. The molecule has 0 spiro atoms. The van der Waals surface area contributed by atoms with Crippen LogP contribution in [0.2, 0.25) is 0 Å². The van der Waals surface area contributed by atoms with Gasteiger partial charge in [0, 0.05) is 38.6 Å². The molecule has 1 unspecified atom stereocenters. The fourth-order valence-corrected chi connectivity index (χ4v) is 2.09. The molecule has 5 nitrogen and oxygen atoms in total. The second-order valence-electron chi connectivity index (χ2n) is 4.19. The van der Waals surface area contributed by atoms with Crippen LogP contribution in [0.1, 0.15) is 5.56 Å². The maximum absolute atomic E-state index is 11.8. The van der Waals surface area contributed by atoms with Crippen LogP contribution >= 0.6 is 0 Å². The van der Waals surface area contributed by atoms with Gasteiger partial charge in [0.1, 0.15) is 6.04 Å². The Morgan fingerprint density at radius 2 is 2.29 bits per heavy atom. The topological polar surface area (TPSA) is 57.3 Å². The molecule has 2 N–H and O–H groups in total. The third-order valence-corrected chi connectivity index (χ3v) is 2.97. The number of hydrogen-bond donors (Lipinski definition) is 2. The van der Waals surface area contributed by atoms with Crippen LogP contribution in [-0.2, 0) is 11.3 Å². The van der Waals surface area contributed by atoms with Crippen LogP contribution in [0.3, 0.4) is 0 Å². The van der Waals surface area contributed by atoms with Crippen molar-refractivity contribution in [3.63, 3.8) is 0 Å². The molecule has 17 heavy (non-hydrogen) atoms. The molecule has 92 valence electrons. The number of amides is 1. The number of aromatic nitrogens is 1. The summed E-state index contributed by atoms with van der Waals surface area (Å²) in [5, 5.41) is 5.97. The lowest BCUT2D eigenvalue weighted by atomic mass is 10.1. The zero-order valence-electron chi connectivity index (χ0n) is 10.0. The summed E-state index contributed by atoms with van der Waals surface area (Å²) < 4.78 is 0. The molecule has 0 bridgehead atoms. The maximum atomic E-state index is 11.8. The zero-order valence-corrected chi connectivity index (χ0v) is 10.0. The van der Waals surface area contributed by atoms with Gasteiger partial charge in [0.05, 0.1) is 0 Å². The van der Waals surface area contributed by atoms with E-state index in [2.05, 4.69) is 20.5 Å². The predicted octanol–water partition coefficient (Wildman–Crippen LogP) is -0.399. The van der Waals surface area contributed by atoms with Gasteiger partial charge in [0.2, 0.25) is 5.91 Å². The summed E-state index contributed by atoms with van der Waals surface area (Å²) in [7, 11) is 1.87. The molecule has 0 radical (unpaired) electrons. The summed E-state index contributed by atoms with van der Waals surface area (Å²) in [6, 6.07) is 3.90. The highest BCUT2D eigenvalue weighted by Crippen LogP contribution is 2.09. The summed E-state index contributed by atoms with van der Waals surface area (Å²) in [5.41, 5.74) is 1.19. The number of pyridine rings is 1. The molecule has 1 aromatic rings. The Balaban J connectivity index is 2.04. The van der Waals surface area contributed by atoms with Crippen molar-refractivity contribution >= 4 is 5.91 Å². The van der Waals surface area contributed by atoms with Crippen LogP contribution in [0, 0.1) is 0 Å². The van der Waals surface area contributed by atoms with Crippen LogP contribution < -0.4 is 10.6 Å². The quantitative estimate of drug-likeness (QED) is 0.744. The maximum Gasteiger partial charge on any atom is 0.238 e. The third-order valence-electron chi connectivity index (χ3n) is 2.97. The van der Waals surface area contributed by atoms with Crippen LogP contribution in [0.15, 0.2) is 24.5 Å². The minimum absolute atomic E-state index is 0.0816. The van der Waals surface area contributed by atoms with Gasteiger partial charge in [0.25, 0.3) is 0 Å². The Labute approximate surface area is 101 Å². The number of likely N-dealkylation sites (N-methyl/N-ethyl adjacent to an activating group) is 1. The second kappa shape index (κ2) is 5.75. The molecule has 1 aromatic heterocycles. The number of rotatable bonds is 4. The fourth-order valence-electron chi connectivity index (χ4n) is 2.09. The van der Waals surface area contributed by atoms with Crippen molar-refractivity contribution in [3.05, 3.63) is 30.1 Å². The smallest absolute Gasteiger partial charge is 0.238 e. The van der Waals surface area contributed by atoms with Crippen molar-refractivity contribution < 1.29 is 4.79 Å². The minimum atomic E-state index is -0.0816. The van der Waals surface area contributed by atoms with Crippen LogP contribution in [0.25, 0.3) is 0 Å². The SMILES string of the molecule is CNCC1C(=O)NCCN1Cc1ccncc1. The highest BCUT2D eigenvalue weighted by molar-refractivity contribution is 5.82. The summed E-state index contributed by atoms with van der Waals surface area (Å²) >= 11 is 0. The second-order valence-corrected chi connectivity index (χ2v) is 4.19. The van der Waals surface area contributed by atoms with E-state index in [9.17, 15) is 4.79 Å². The molecule has 1 saturated heterocycles. The van der Waals surface area contributed by atoms with E-state index in [0.29, 0.717) is 6.54 Å². The van der Waals surface area contributed by atoms with Gasteiger partial charge in [-0.1, -0.05) is 0 Å². The number of nitrogens with zero attached hydrogens (tertiary/aromatic N) is 2. The van der Waals surface area contributed by atoms with Gasteiger partial charge in [-0.2, -0.15) is 0 Å². The van der Waals surface area contributed by atoms with Crippen molar-refractivity contribution in [2.75, 3.05) is 26.7 Å². The molecular weight excluding hydrogens is 216 g/mol. The van der Waals surface area contributed by atoms with Crippen molar-refractivity contribution in [2.45, 2.75) is 12.6 Å². The summed E-state index contributed by atoms with van der Waals surface area (Å²) in [6.07, 6.45) is 3.57. The van der Waals surface area contributed by atoms with Gasteiger partial charge in [0.15, 0.2) is 0 Å². The van der Waals surface area contributed by atoms with E-state index in [1.807, 2.05) is 19.2 Å². The average Bonchev–Trinajstić information content (AvgIpc) is 2.35. The van der Waals surface area contributed by atoms with Crippen molar-refractivity contribution in [2.24, 2.45) is 0 Å². The zero-order chi connectivity index (χ0) is 12.1. The predicted molar refractivity (Wildman–Crippen MR) is 65.4 cm³/mol. The Hall–Kier alpha value is -1.46. The number of hydrogen-bond acceptors (Lipinski definition) is 4. The molecule has 1 fully saturated rings. The van der Waals surface area contributed by atoms with Crippen LogP contribution in [0.4, 0.5) is 0 Å². The standard InChI is InChI=1S/C12H18N4O/c1-13-8-11-12(17)15-6-7-16(11)9-10-2-4-14-5-3-10/h2-5,11,13H,6-9H2,1H3,(H,15,17). The monoisotopic (exact) mass is 234 g/mol. The first-order chi connectivity index (χ1) is 8.31. The average molecular weight is 234 g/mol. The van der Waals surface area contributed by atoms with E-state index >= 15 is 0 Å². The Morgan fingerprint density at radius 1 is 1.53 bits per heavy atom. The molecule has 0 aliphatic carbocycles. The van der Waals surface area contributed by atoms with E-state index in [-0.39, 0.29) is 11.9 Å². The molecule has 1 aliphatic rings. The van der Waals surface area contributed by atoms with Gasteiger partial charge < -0.3 is 10.6 Å². The lowest BCUT2D eigenvalue weighted by molar-refractivity contribution is -0.129. The minimum Gasteiger partial charge on any atom is -0.353 e. The van der Waals surface area contributed by atoms with E-state index in [0.717, 1.165) is 19.6 Å². The molecular formula is C12H18N4O. The summed E-state index contributed by atoms with van der Waals surface area (Å²) in [6.45, 7) is 3.09. The first-order valence-corrected chi connectivity index (χ1v) is 5.86. The molecule has 1 atom stereocenters. The van der Waals surface area contributed by atoms with Gasteiger partial charge in [-0.05, 0) is 24.7 Å². The van der Waals surface area contributed by atoms with E-state index in [1.54, 1.807) is 12.4 Å². The van der Waals surface area contributed by atoms with Gasteiger partial charge in [-0.3, -0.25) is 14.7 Å². The molecule has 2 heterocycles. The Bertz CT molecular complexity index is 368. The van der Waals surface area contributed by atoms with Crippen molar-refractivity contribution in [1.82, 2.24) is 20.5 Å². The van der Waals surface area contributed by atoms with E-state index in [4.69, 9.17) is 0 Å². The fraction of sp³-hybridized carbons (Fsp3) is 0.500. The summed E-state index contributed by atoms with van der Waals surface area (Å²) in [4.78, 5) is 18.0. The summed E-state index contributed by atoms with van der Waals surface area (Å²) in [5.74, 6) is 0.111. The van der Waals surface area contributed by atoms with Crippen LogP contribution in [0.5, 0.6) is 0 Å². The molecule has 5 heteroatoms. The lowest BCUT2D eigenvalue weighted by Crippen LogP contribution is -2.57. The number of carbonyl (C=O) groups excluding carboxylic acids is 1. The van der Waals surface area contributed by atoms with E-state index < -0.39 is 0 Å². The number of piperazine rings is 1. The Kier molecular flexibility index (Phi) is 4.06. The molecule has 0 aromatic carbocycles. The normalized spacial score (nSPS) is 21.2. The largest absolute Gasteiger partial charge is 0.353 e. The van der Waals surface area contributed by atoms with Gasteiger partial charge in [-0.25, -0.2) is 0 Å². The van der Waals surface area contributed by atoms with Crippen molar-refractivity contribution in [1.29, 1.82) is 0 Å². The molecule has 1 amide bonds. The lowest BCUT2D eigenvalue weighted by Gasteiger charge is -2.34. The number of carbonyl (C=O) groups is 1. The molecule has 2 rings (SSSR count). The van der Waals surface area contributed by atoms with Gasteiger partial charge >= 0.3 is 0 Å². The number of nitrogens with one attached hydrogen (secondary N) is 2. The highest BCUT2D eigenvalue weighted by atomic mass is 16.2. The highest BCUT2D eigenvalue weighted by Gasteiger charge is 2.28. The van der Waals surface area contributed by atoms with Crippen molar-refractivity contribution in [3.8, 4) is 0 Å². The first kappa shape index (κ1) is 12.0. The van der Waals surface area contributed by atoms with Crippen LogP contribution in [-0.4, -0.2) is 48.5 Å². The molecule has 1 aliphatic heterocycles. The van der Waals surface area contributed by atoms with E-state index in [1.165, 1.54) is 5.56 Å². The first-order valence-electron chi connectivity index (χ1n) is 5.86. The Morgan fingerprint density at radius 3 is 3.00 bits per heavy atom. The molecule has 0 saturated carbocycles. The van der Waals surface area contributed by atoms with Gasteiger partial charge in [-0.15, -0.1) is 0 Å².